The first-order valence-electron chi connectivity index (χ1n) is 5.86. The fourth-order valence-corrected chi connectivity index (χ4v) is 1.74. The van der Waals surface area contributed by atoms with E-state index in [4.69, 9.17) is 5.26 Å². The van der Waals surface area contributed by atoms with Gasteiger partial charge in [0.1, 0.15) is 11.9 Å². The highest BCUT2D eigenvalue weighted by Crippen LogP contribution is 2.11. The first-order chi connectivity index (χ1) is 8.83. The lowest BCUT2D eigenvalue weighted by molar-refractivity contribution is 1.02. The highest BCUT2D eigenvalue weighted by atomic mass is 15.0. The molecule has 18 heavy (non-hydrogen) atoms. The number of nitriles is 1. The smallest absolute Gasteiger partial charge is 0.158 e. The molecule has 0 aliphatic rings. The molecule has 0 amide bonds. The predicted molar refractivity (Wildman–Crippen MR) is 69.9 cm³/mol. The topological polar surface area (TPSA) is 61.6 Å². The van der Waals surface area contributed by atoms with E-state index >= 15 is 0 Å². The lowest BCUT2D eigenvalue weighted by Gasteiger charge is -2.09. The molecule has 0 spiro atoms. The quantitative estimate of drug-likeness (QED) is 0.889. The zero-order chi connectivity index (χ0) is 12.8. The summed E-state index contributed by atoms with van der Waals surface area (Å²) in [4.78, 5) is 8.09. The number of hydrogen-bond acceptors (Lipinski definition) is 4. The number of anilines is 1. The third-order valence-corrected chi connectivity index (χ3v) is 2.73. The molecule has 2 rings (SSSR count). The monoisotopic (exact) mass is 238 g/mol. The average molecular weight is 238 g/mol. The van der Waals surface area contributed by atoms with Gasteiger partial charge in [-0.2, -0.15) is 5.26 Å². The van der Waals surface area contributed by atoms with Gasteiger partial charge in [-0.05, 0) is 17.5 Å². The Morgan fingerprint density at radius 3 is 2.56 bits per heavy atom. The molecule has 0 radical (unpaired) electrons. The van der Waals surface area contributed by atoms with Crippen molar-refractivity contribution in [2.24, 2.45) is 0 Å². The maximum atomic E-state index is 8.63. The van der Waals surface area contributed by atoms with Crippen LogP contribution in [0.15, 0.2) is 36.7 Å². The summed E-state index contributed by atoms with van der Waals surface area (Å²) in [7, 11) is 0. The lowest BCUT2D eigenvalue weighted by Crippen LogP contribution is -2.04. The Morgan fingerprint density at radius 1 is 1.17 bits per heavy atom. The van der Waals surface area contributed by atoms with E-state index in [-0.39, 0.29) is 0 Å². The fourth-order valence-electron chi connectivity index (χ4n) is 1.74. The normalized spacial score (nSPS) is 9.78. The molecular weight excluding hydrogens is 224 g/mol. The molecule has 0 saturated heterocycles. The van der Waals surface area contributed by atoms with Crippen molar-refractivity contribution in [3.63, 3.8) is 0 Å². The highest BCUT2D eigenvalue weighted by molar-refractivity contribution is 5.36. The van der Waals surface area contributed by atoms with Crippen molar-refractivity contribution in [1.29, 1.82) is 5.26 Å². The molecular formula is C14H14N4. The van der Waals surface area contributed by atoms with Crippen molar-refractivity contribution < 1.29 is 0 Å². The van der Waals surface area contributed by atoms with Crippen LogP contribution in [0.2, 0.25) is 0 Å². The number of aromatic nitrogens is 2. The molecule has 1 aromatic carbocycles. The zero-order valence-electron chi connectivity index (χ0n) is 10.2. The van der Waals surface area contributed by atoms with E-state index in [2.05, 4.69) is 34.3 Å². The van der Waals surface area contributed by atoms with Crippen LogP contribution in [0.4, 0.5) is 5.82 Å². The van der Waals surface area contributed by atoms with Gasteiger partial charge in [0.25, 0.3) is 0 Å². The minimum absolute atomic E-state index is 0.328. The Morgan fingerprint density at radius 2 is 1.94 bits per heavy atom. The van der Waals surface area contributed by atoms with Crippen molar-refractivity contribution in [3.05, 3.63) is 53.5 Å². The van der Waals surface area contributed by atoms with Gasteiger partial charge >= 0.3 is 0 Å². The number of nitrogens with one attached hydrogen (secondary N) is 1. The molecule has 1 N–H and O–H groups in total. The van der Waals surface area contributed by atoms with Crippen LogP contribution in [-0.4, -0.2) is 9.97 Å². The SMILES string of the molecule is CCc1ccccc1CNc1cnc(C#N)cn1. The van der Waals surface area contributed by atoms with E-state index < -0.39 is 0 Å². The molecule has 1 heterocycles. The average Bonchev–Trinajstić information content (AvgIpc) is 2.46. The Balaban J connectivity index is 2.04. The molecule has 0 saturated carbocycles. The van der Waals surface area contributed by atoms with Gasteiger partial charge in [-0.1, -0.05) is 31.2 Å². The van der Waals surface area contributed by atoms with Crippen LogP contribution >= 0.6 is 0 Å². The summed E-state index contributed by atoms with van der Waals surface area (Å²) >= 11 is 0. The highest BCUT2D eigenvalue weighted by Gasteiger charge is 2.00. The number of aryl methyl sites for hydroxylation is 1. The molecule has 4 heteroatoms. The largest absolute Gasteiger partial charge is 0.365 e. The fraction of sp³-hybridized carbons (Fsp3) is 0.214. The molecule has 4 nitrogen and oxygen atoms in total. The zero-order valence-corrected chi connectivity index (χ0v) is 10.2. The number of nitrogens with zero attached hydrogens (tertiary/aromatic N) is 3. The van der Waals surface area contributed by atoms with Gasteiger partial charge in [-0.25, -0.2) is 9.97 Å². The van der Waals surface area contributed by atoms with Crippen molar-refractivity contribution in [2.75, 3.05) is 5.32 Å². The maximum Gasteiger partial charge on any atom is 0.158 e. The first-order valence-corrected chi connectivity index (χ1v) is 5.86. The summed E-state index contributed by atoms with van der Waals surface area (Å²) in [6, 6.07) is 10.2. The van der Waals surface area contributed by atoms with Crippen LogP contribution in [0.25, 0.3) is 0 Å². The maximum absolute atomic E-state index is 8.63. The predicted octanol–water partition coefficient (Wildman–Crippen LogP) is 2.52. The van der Waals surface area contributed by atoms with E-state index in [1.165, 1.54) is 17.3 Å². The summed E-state index contributed by atoms with van der Waals surface area (Å²) < 4.78 is 0. The van der Waals surface area contributed by atoms with Gasteiger partial charge in [0.05, 0.1) is 12.4 Å². The summed E-state index contributed by atoms with van der Waals surface area (Å²) in [5.41, 5.74) is 2.91. The standard InChI is InChI=1S/C14H14N4/c1-2-11-5-3-4-6-12(11)8-17-14-10-16-13(7-15)9-18-14/h3-6,9-10H,2,8H2,1H3,(H,17,18). The molecule has 0 bridgehead atoms. The van der Waals surface area contributed by atoms with Gasteiger partial charge < -0.3 is 5.32 Å². The summed E-state index contributed by atoms with van der Waals surface area (Å²) in [6.07, 6.45) is 4.05. The molecule has 0 aliphatic carbocycles. The van der Waals surface area contributed by atoms with Crippen LogP contribution in [0, 0.1) is 11.3 Å². The van der Waals surface area contributed by atoms with Crippen molar-refractivity contribution >= 4 is 5.82 Å². The second-order valence-electron chi connectivity index (χ2n) is 3.87. The van der Waals surface area contributed by atoms with Crippen LogP contribution in [0.5, 0.6) is 0 Å². The molecule has 0 fully saturated rings. The van der Waals surface area contributed by atoms with Gasteiger partial charge in [-0.15, -0.1) is 0 Å². The van der Waals surface area contributed by atoms with Crippen LogP contribution in [-0.2, 0) is 13.0 Å². The van der Waals surface area contributed by atoms with E-state index in [1.807, 2.05) is 18.2 Å². The Hall–Kier alpha value is -2.41. The third kappa shape index (κ3) is 2.83. The summed E-state index contributed by atoms with van der Waals surface area (Å²) in [5.74, 6) is 0.680. The van der Waals surface area contributed by atoms with E-state index in [1.54, 1.807) is 6.20 Å². The number of benzene rings is 1. The molecule has 0 atom stereocenters. The summed E-state index contributed by atoms with van der Waals surface area (Å²) in [6.45, 7) is 2.85. The van der Waals surface area contributed by atoms with E-state index in [9.17, 15) is 0 Å². The van der Waals surface area contributed by atoms with Gasteiger partial charge in [0, 0.05) is 6.54 Å². The summed E-state index contributed by atoms with van der Waals surface area (Å²) in [5, 5.41) is 11.8. The first kappa shape index (κ1) is 12.1. The Kier molecular flexibility index (Phi) is 3.87. The van der Waals surface area contributed by atoms with Crippen molar-refractivity contribution in [1.82, 2.24) is 9.97 Å². The molecule has 0 unspecified atom stereocenters. The minimum Gasteiger partial charge on any atom is -0.365 e. The van der Waals surface area contributed by atoms with E-state index in [0.29, 0.717) is 18.1 Å². The van der Waals surface area contributed by atoms with Crippen LogP contribution in [0.3, 0.4) is 0 Å². The minimum atomic E-state index is 0.328. The van der Waals surface area contributed by atoms with Crippen molar-refractivity contribution in [2.45, 2.75) is 19.9 Å². The lowest BCUT2D eigenvalue weighted by atomic mass is 10.1. The third-order valence-electron chi connectivity index (χ3n) is 2.73. The Bertz CT molecular complexity index is 555. The van der Waals surface area contributed by atoms with Gasteiger partial charge in [0.15, 0.2) is 5.69 Å². The second kappa shape index (κ2) is 5.78. The number of hydrogen-bond donors (Lipinski definition) is 1. The number of rotatable bonds is 4. The molecule has 2 aromatic rings. The molecule has 0 aliphatic heterocycles. The van der Waals surface area contributed by atoms with Crippen molar-refractivity contribution in [3.8, 4) is 6.07 Å². The molecule has 1 aromatic heterocycles. The Labute approximate surface area is 106 Å². The van der Waals surface area contributed by atoms with Gasteiger partial charge in [-0.3, -0.25) is 0 Å². The molecule has 90 valence electrons. The second-order valence-corrected chi connectivity index (χ2v) is 3.87. The van der Waals surface area contributed by atoms with E-state index in [0.717, 1.165) is 6.42 Å². The van der Waals surface area contributed by atoms with Crippen LogP contribution in [0.1, 0.15) is 23.7 Å². The van der Waals surface area contributed by atoms with Gasteiger partial charge in [0.2, 0.25) is 0 Å². The van der Waals surface area contributed by atoms with Crippen LogP contribution < -0.4 is 5.32 Å².